The molecule has 0 saturated carbocycles. The molecule has 0 spiro atoms. The van der Waals surface area contributed by atoms with Crippen LogP contribution in [0.2, 0.25) is 0 Å². The summed E-state index contributed by atoms with van der Waals surface area (Å²) in [6, 6.07) is 0. The molecule has 0 aromatic carbocycles. The van der Waals surface area contributed by atoms with Gasteiger partial charge in [0.15, 0.2) is 37.7 Å². The van der Waals surface area contributed by atoms with Gasteiger partial charge in [0, 0.05) is 0 Å². The van der Waals surface area contributed by atoms with E-state index in [9.17, 15) is 107 Å². The van der Waals surface area contributed by atoms with Crippen molar-refractivity contribution in [3.63, 3.8) is 0 Å². The third-order valence-electron chi connectivity index (χ3n) is 17.0. The zero-order chi connectivity index (χ0) is 71.4. The average molecular weight is 1440 g/mol. The summed E-state index contributed by atoms with van der Waals surface area (Å²) in [5.41, 5.74) is 0.917. The lowest BCUT2D eigenvalue weighted by Gasteiger charge is -2.45. The number of ether oxygens (including phenoxy) is 15. The fourth-order valence-electron chi connectivity index (χ4n) is 11.3. The standard InChI is InChI=1S/C54H89N9O36/c64-10-25-31(70)37(76)43(82)49(91-25)97-46-40(79)34(73)28(13-67)94-52(46)87-4-1-61-7-21(55-58-61)16-85-19-24(90-18-23-9-63(60-57-23)3-6-89-54-48(42(81)36(75)30(15-69)96-54)99-51-45(84)39(78)33(72)27(12-66)93-51)20-86-17-22-8-62(59-56-22)2-5-88-53-47(41(80)35(74)29(14-68)95-53)98-50-44(83)38(77)32(71)26(11-65)92-50/h7-9,24-54,64-84H,1-6,10-20H2/t24?,25-,26-,27-,28-,29-,30-,31-,32-,33-,34-,35-,36-,37+,38+,39+,40+,41+,42+,43+,44+,45+,46+,47+,48+,49+,50+,51+,52-,53+,54+/m1/s1. The van der Waals surface area contributed by atoms with Gasteiger partial charge in [0.1, 0.15) is 170 Å². The predicted octanol–water partition coefficient (Wildman–Crippen LogP) is -15.3. The van der Waals surface area contributed by atoms with Crippen molar-refractivity contribution >= 4 is 0 Å². The highest BCUT2D eigenvalue weighted by molar-refractivity contribution is 4.99. The smallest absolute Gasteiger partial charge is 0.187 e. The lowest BCUT2D eigenvalue weighted by Crippen LogP contribution is -2.64. The van der Waals surface area contributed by atoms with E-state index in [0.717, 1.165) is 0 Å². The van der Waals surface area contributed by atoms with Gasteiger partial charge in [-0.05, 0) is 0 Å². The second kappa shape index (κ2) is 37.1. The third-order valence-corrected chi connectivity index (χ3v) is 17.0. The Kier molecular flexibility index (Phi) is 29.6. The maximum atomic E-state index is 11.0. The molecule has 9 rings (SSSR count). The molecule has 6 aliphatic heterocycles. The van der Waals surface area contributed by atoms with Crippen molar-refractivity contribution < 1.29 is 178 Å². The second-order valence-corrected chi connectivity index (χ2v) is 24.0. The first-order valence-corrected chi connectivity index (χ1v) is 31.6. The van der Waals surface area contributed by atoms with E-state index < -0.39 is 230 Å². The molecular formula is C54H89N9O36. The lowest BCUT2D eigenvalue weighted by atomic mass is 9.97. The van der Waals surface area contributed by atoms with Gasteiger partial charge >= 0.3 is 0 Å². The van der Waals surface area contributed by atoms with Gasteiger partial charge in [0.2, 0.25) is 0 Å². The molecule has 6 fully saturated rings. The van der Waals surface area contributed by atoms with Crippen LogP contribution in [-0.2, 0) is 111 Å². The normalized spacial score (nSPS) is 40.3. The molecule has 566 valence electrons. The third kappa shape index (κ3) is 19.5. The Morgan fingerprint density at radius 2 is 0.576 bits per heavy atom. The Morgan fingerprint density at radius 1 is 0.323 bits per heavy atom. The van der Waals surface area contributed by atoms with Gasteiger partial charge in [0.05, 0.1) is 131 Å². The zero-order valence-corrected chi connectivity index (χ0v) is 52.7. The predicted molar refractivity (Wildman–Crippen MR) is 305 cm³/mol. The monoisotopic (exact) mass is 1440 g/mol. The fraction of sp³-hybridized carbons (Fsp3) is 0.889. The molecule has 45 heteroatoms. The minimum atomic E-state index is -1.89. The molecule has 0 aliphatic carbocycles. The highest BCUT2D eigenvalue weighted by Gasteiger charge is 2.55. The van der Waals surface area contributed by atoms with Crippen LogP contribution in [-0.4, -0.2) is 415 Å². The molecule has 6 saturated heterocycles. The van der Waals surface area contributed by atoms with E-state index in [2.05, 4.69) is 30.9 Å². The van der Waals surface area contributed by atoms with Crippen LogP contribution in [0.15, 0.2) is 18.6 Å². The van der Waals surface area contributed by atoms with Crippen LogP contribution in [0, 0.1) is 0 Å². The van der Waals surface area contributed by atoms with Crippen LogP contribution in [0.1, 0.15) is 17.1 Å². The minimum Gasteiger partial charge on any atom is -0.394 e. The number of aromatic nitrogens is 9. The number of hydrogen-bond acceptors (Lipinski definition) is 42. The van der Waals surface area contributed by atoms with E-state index in [1.807, 2.05) is 0 Å². The van der Waals surface area contributed by atoms with E-state index in [-0.39, 0.29) is 78.2 Å². The minimum absolute atomic E-state index is 0.0164. The van der Waals surface area contributed by atoms with Crippen LogP contribution in [0.25, 0.3) is 0 Å². The Morgan fingerprint density at radius 3 is 0.848 bits per heavy atom. The quantitative estimate of drug-likeness (QED) is 0.0260. The molecule has 1 unspecified atom stereocenters. The molecule has 21 N–H and O–H groups in total. The number of aliphatic hydroxyl groups excluding tert-OH is 21. The molecule has 6 aliphatic rings. The van der Waals surface area contributed by atoms with Crippen LogP contribution >= 0.6 is 0 Å². The second-order valence-electron chi connectivity index (χ2n) is 24.0. The molecule has 0 bridgehead atoms. The molecule has 3 aromatic rings. The number of nitrogens with zero attached hydrogens (tertiary/aromatic N) is 9. The lowest BCUT2D eigenvalue weighted by molar-refractivity contribution is -0.367. The maximum Gasteiger partial charge on any atom is 0.187 e. The highest BCUT2D eigenvalue weighted by atomic mass is 16.8. The Hall–Kier alpha value is -4.02. The summed E-state index contributed by atoms with van der Waals surface area (Å²) in [6.07, 6.45) is -46.1. The van der Waals surface area contributed by atoms with Gasteiger partial charge < -0.3 is 178 Å². The highest BCUT2D eigenvalue weighted by Crippen LogP contribution is 2.34. The van der Waals surface area contributed by atoms with Crippen LogP contribution in [0.4, 0.5) is 0 Å². The summed E-state index contributed by atoms with van der Waals surface area (Å²) in [6.45, 7) is -6.11. The fourth-order valence-corrected chi connectivity index (χ4v) is 11.3. The number of rotatable bonds is 35. The van der Waals surface area contributed by atoms with Gasteiger partial charge in [-0.2, -0.15) is 0 Å². The van der Waals surface area contributed by atoms with Crippen molar-refractivity contribution in [1.82, 2.24) is 45.0 Å². The molecule has 99 heavy (non-hydrogen) atoms. The van der Waals surface area contributed by atoms with E-state index in [0.29, 0.717) is 11.4 Å². The average Bonchev–Trinajstić information content (AvgIpc) is 1.66. The van der Waals surface area contributed by atoms with Crippen molar-refractivity contribution in [3.8, 4) is 0 Å². The summed E-state index contributed by atoms with van der Waals surface area (Å²) < 4.78 is 90.2. The first-order chi connectivity index (χ1) is 47.5. The number of hydrogen-bond donors (Lipinski definition) is 21. The van der Waals surface area contributed by atoms with Crippen molar-refractivity contribution in [2.45, 2.75) is 230 Å². The molecule has 0 radical (unpaired) electrons. The van der Waals surface area contributed by atoms with Crippen molar-refractivity contribution in [1.29, 1.82) is 0 Å². The van der Waals surface area contributed by atoms with Crippen molar-refractivity contribution in [2.75, 3.05) is 72.7 Å². The van der Waals surface area contributed by atoms with Gasteiger partial charge in [-0.25, -0.2) is 14.0 Å². The number of aliphatic hydroxyl groups is 21. The van der Waals surface area contributed by atoms with Gasteiger partial charge in [0.25, 0.3) is 0 Å². The molecule has 9 heterocycles. The van der Waals surface area contributed by atoms with E-state index >= 15 is 0 Å². The van der Waals surface area contributed by atoms with Crippen LogP contribution < -0.4 is 0 Å². The SMILES string of the molecule is OC[C@H]1O[C@@H](O[C@@H]2[C@H](OCCn3cc(COCC(COCc4cn(CCO[C@H]5O[C@H](CO)[C@@H](O)[C@H](O)[C@@H]5O[C@@H]5O[C@H](CO)[C@@H](O)[C@H](O)[C@@H]5O)nn4)OCc4cn(CCO[C@H]5O[C@H](CO)[C@@H](O)[C@H](O)[C@@H]5O[C@@H]5O[C@H](CO)[C@@H](O)[C@H](O)[C@@H]5O)nn4)nn3)O[C@H](CO)[C@@H](O)[C@@H]2O)[C@@H](O)[C@@H](O)[C@@H]1O. The van der Waals surface area contributed by atoms with Crippen LogP contribution in [0.3, 0.4) is 0 Å². The molecule has 0 amide bonds. The molecular weight excluding hydrogens is 1350 g/mol. The Labute approximate surface area is 560 Å². The molecule has 45 nitrogen and oxygen atoms in total. The van der Waals surface area contributed by atoms with E-state index in [4.69, 9.17) is 71.1 Å². The van der Waals surface area contributed by atoms with Gasteiger partial charge in [-0.15, -0.1) is 15.3 Å². The topological polar surface area (TPSA) is 655 Å². The van der Waals surface area contributed by atoms with Gasteiger partial charge in [-0.1, -0.05) is 15.6 Å². The largest absolute Gasteiger partial charge is 0.394 e. The van der Waals surface area contributed by atoms with Gasteiger partial charge in [-0.3, -0.25) is 0 Å². The summed E-state index contributed by atoms with van der Waals surface area (Å²) in [7, 11) is 0. The molecule has 3 aromatic heterocycles. The summed E-state index contributed by atoms with van der Waals surface area (Å²) in [4.78, 5) is 0. The Balaban J connectivity index is 0.797. The first kappa shape index (κ1) is 79.1. The Bertz CT molecular complexity index is 2700. The summed E-state index contributed by atoms with van der Waals surface area (Å²) in [5, 5.41) is 241. The van der Waals surface area contributed by atoms with Crippen molar-refractivity contribution in [2.24, 2.45) is 0 Å². The zero-order valence-electron chi connectivity index (χ0n) is 52.7. The summed E-state index contributed by atoms with van der Waals surface area (Å²) in [5.74, 6) is 0. The van der Waals surface area contributed by atoms with Crippen molar-refractivity contribution in [3.05, 3.63) is 35.7 Å². The van der Waals surface area contributed by atoms with E-state index in [1.165, 1.54) is 32.6 Å². The summed E-state index contributed by atoms with van der Waals surface area (Å²) >= 11 is 0. The van der Waals surface area contributed by atoms with Crippen LogP contribution in [0.5, 0.6) is 0 Å². The maximum absolute atomic E-state index is 11.0. The molecule has 31 atom stereocenters. The van der Waals surface area contributed by atoms with E-state index in [1.54, 1.807) is 0 Å². The first-order valence-electron chi connectivity index (χ1n) is 31.6.